The summed E-state index contributed by atoms with van der Waals surface area (Å²) in [6.07, 6.45) is 3.82. The van der Waals surface area contributed by atoms with Crippen LogP contribution < -0.4 is 0 Å². The Kier molecular flexibility index (Phi) is 5.02. The minimum atomic E-state index is -4.58. The lowest BCUT2D eigenvalue weighted by Crippen LogP contribution is -2.10. The Morgan fingerprint density at radius 2 is 1.97 bits per heavy atom. The molecule has 30 heavy (non-hydrogen) atoms. The van der Waals surface area contributed by atoms with E-state index in [9.17, 15) is 18.0 Å². The minimum Gasteiger partial charge on any atom is -0.465 e. The predicted octanol–water partition coefficient (Wildman–Crippen LogP) is 3.20. The van der Waals surface area contributed by atoms with Gasteiger partial charge in [-0.05, 0) is 25.0 Å². The van der Waals surface area contributed by atoms with Gasteiger partial charge in [-0.25, -0.2) is 29.4 Å². The van der Waals surface area contributed by atoms with Crippen LogP contribution in [-0.2, 0) is 15.7 Å². The van der Waals surface area contributed by atoms with Crippen molar-refractivity contribution < 1.29 is 22.7 Å². The van der Waals surface area contributed by atoms with Crippen LogP contribution in [0, 0.1) is 0 Å². The third-order valence-electron chi connectivity index (χ3n) is 4.44. The second-order valence-electron chi connectivity index (χ2n) is 6.65. The van der Waals surface area contributed by atoms with Gasteiger partial charge in [0.2, 0.25) is 0 Å². The Labute approximate surface area is 168 Å². The highest BCUT2D eigenvalue weighted by atomic mass is 19.4. The number of carbonyl (C=O) groups is 1. The summed E-state index contributed by atoms with van der Waals surface area (Å²) in [4.78, 5) is 27.7. The van der Waals surface area contributed by atoms with Crippen molar-refractivity contribution in [2.75, 3.05) is 7.11 Å². The van der Waals surface area contributed by atoms with Crippen molar-refractivity contribution >= 4 is 17.7 Å². The van der Waals surface area contributed by atoms with Gasteiger partial charge in [-0.3, -0.25) is 0 Å². The van der Waals surface area contributed by atoms with E-state index >= 15 is 0 Å². The van der Waals surface area contributed by atoms with Crippen LogP contribution in [0.25, 0.3) is 23.2 Å². The van der Waals surface area contributed by atoms with Crippen LogP contribution >= 0.6 is 0 Å². The first-order valence-corrected chi connectivity index (χ1v) is 8.91. The maximum Gasteiger partial charge on any atom is 0.433 e. The third kappa shape index (κ3) is 4.19. The van der Waals surface area contributed by atoms with Crippen LogP contribution in [0.5, 0.6) is 0 Å². The van der Waals surface area contributed by atoms with Crippen molar-refractivity contribution in [3.63, 3.8) is 0 Å². The first-order valence-electron chi connectivity index (χ1n) is 8.91. The summed E-state index contributed by atoms with van der Waals surface area (Å²) in [7, 11) is 1.22. The first kappa shape index (κ1) is 19.7. The molecular formula is C19H15F3N6O2. The smallest absolute Gasteiger partial charge is 0.433 e. The fourth-order valence-corrected chi connectivity index (χ4v) is 2.81. The van der Waals surface area contributed by atoms with Crippen LogP contribution in [0.3, 0.4) is 0 Å². The second kappa shape index (κ2) is 7.65. The summed E-state index contributed by atoms with van der Waals surface area (Å²) >= 11 is 0. The summed E-state index contributed by atoms with van der Waals surface area (Å²) in [5.74, 6) is -0.548. The zero-order valence-electron chi connectivity index (χ0n) is 15.7. The standard InChI is InChI=1S/C19H15F3N6O2/c1-30-18(29)14(13-6-23-9-24-7-13)8-28-10-25-17(27-28)12-4-15(11-2-3-11)26-16(5-12)19(20,21)22/h4-11H,2-3H2,1H3/b14-8+. The Morgan fingerprint density at radius 1 is 1.23 bits per heavy atom. The summed E-state index contributed by atoms with van der Waals surface area (Å²) < 4.78 is 45.8. The summed E-state index contributed by atoms with van der Waals surface area (Å²) in [6.45, 7) is 0. The molecule has 0 amide bonds. The summed E-state index contributed by atoms with van der Waals surface area (Å²) in [5.41, 5.74) is 0.0996. The molecule has 1 aliphatic carbocycles. The van der Waals surface area contributed by atoms with E-state index in [1.165, 1.54) is 43.0 Å². The van der Waals surface area contributed by atoms with Crippen molar-refractivity contribution in [3.8, 4) is 11.4 Å². The number of halogens is 3. The molecule has 11 heteroatoms. The van der Waals surface area contributed by atoms with Gasteiger partial charge in [0.05, 0.1) is 12.7 Å². The Balaban J connectivity index is 1.72. The van der Waals surface area contributed by atoms with Crippen LogP contribution in [0.15, 0.2) is 37.2 Å². The van der Waals surface area contributed by atoms with Crippen molar-refractivity contribution in [1.82, 2.24) is 29.7 Å². The highest BCUT2D eigenvalue weighted by Gasteiger charge is 2.35. The molecule has 3 aromatic heterocycles. The van der Waals surface area contributed by atoms with Gasteiger partial charge >= 0.3 is 12.1 Å². The summed E-state index contributed by atoms with van der Waals surface area (Å²) in [6, 6.07) is 2.49. The molecule has 1 saturated carbocycles. The molecule has 0 radical (unpaired) electrons. The number of rotatable bonds is 5. The molecule has 0 aliphatic heterocycles. The van der Waals surface area contributed by atoms with Gasteiger partial charge in [-0.15, -0.1) is 5.10 Å². The predicted molar refractivity (Wildman–Crippen MR) is 98.4 cm³/mol. The minimum absolute atomic E-state index is 0.0250. The molecule has 0 aromatic carbocycles. The largest absolute Gasteiger partial charge is 0.465 e. The molecule has 3 heterocycles. The van der Waals surface area contributed by atoms with E-state index < -0.39 is 17.8 Å². The van der Waals surface area contributed by atoms with Crippen molar-refractivity contribution in [2.24, 2.45) is 0 Å². The normalized spacial score (nSPS) is 14.6. The zero-order valence-corrected chi connectivity index (χ0v) is 15.7. The lowest BCUT2D eigenvalue weighted by molar-refractivity contribution is -0.141. The number of esters is 1. The second-order valence-corrected chi connectivity index (χ2v) is 6.65. The van der Waals surface area contributed by atoms with E-state index in [1.807, 2.05) is 0 Å². The van der Waals surface area contributed by atoms with E-state index in [4.69, 9.17) is 4.74 Å². The van der Waals surface area contributed by atoms with E-state index in [2.05, 4.69) is 25.0 Å². The number of nitrogens with zero attached hydrogens (tertiary/aromatic N) is 6. The van der Waals surface area contributed by atoms with E-state index in [0.29, 0.717) is 11.3 Å². The number of ether oxygens (including phenoxy) is 1. The van der Waals surface area contributed by atoms with E-state index in [-0.39, 0.29) is 22.9 Å². The number of aromatic nitrogens is 6. The summed E-state index contributed by atoms with van der Waals surface area (Å²) in [5, 5.41) is 4.19. The maximum atomic E-state index is 13.3. The van der Waals surface area contributed by atoms with Crippen LogP contribution in [0.2, 0.25) is 0 Å². The fourth-order valence-electron chi connectivity index (χ4n) is 2.81. The highest BCUT2D eigenvalue weighted by molar-refractivity contribution is 6.19. The van der Waals surface area contributed by atoms with Crippen LogP contribution in [0.1, 0.15) is 35.7 Å². The van der Waals surface area contributed by atoms with E-state index in [1.54, 1.807) is 6.07 Å². The number of pyridine rings is 1. The average Bonchev–Trinajstić information content (AvgIpc) is 3.49. The third-order valence-corrected chi connectivity index (χ3v) is 4.44. The molecule has 8 nitrogen and oxygen atoms in total. The molecule has 0 atom stereocenters. The first-order chi connectivity index (χ1) is 14.3. The van der Waals surface area contributed by atoms with Gasteiger partial charge in [-0.2, -0.15) is 13.2 Å². The highest BCUT2D eigenvalue weighted by Crippen LogP contribution is 2.41. The molecule has 154 valence electrons. The topological polar surface area (TPSA) is 95.7 Å². The Morgan fingerprint density at radius 3 is 2.60 bits per heavy atom. The lowest BCUT2D eigenvalue weighted by atomic mass is 10.1. The Hall–Kier alpha value is -3.63. The molecule has 0 spiro atoms. The zero-order chi connectivity index (χ0) is 21.3. The molecule has 1 fully saturated rings. The van der Waals surface area contributed by atoms with Crippen LogP contribution in [-0.4, -0.2) is 42.8 Å². The molecule has 0 bridgehead atoms. The van der Waals surface area contributed by atoms with Gasteiger partial charge in [0.15, 0.2) is 5.82 Å². The van der Waals surface area contributed by atoms with Gasteiger partial charge in [0, 0.05) is 41.3 Å². The van der Waals surface area contributed by atoms with Gasteiger partial charge in [0.1, 0.15) is 18.3 Å². The number of methoxy groups -OCH3 is 1. The van der Waals surface area contributed by atoms with Crippen molar-refractivity contribution in [1.29, 1.82) is 0 Å². The van der Waals surface area contributed by atoms with Crippen molar-refractivity contribution in [3.05, 3.63) is 54.1 Å². The number of hydrogen-bond donors (Lipinski definition) is 0. The molecule has 4 rings (SSSR count). The van der Waals surface area contributed by atoms with Crippen LogP contribution in [0.4, 0.5) is 13.2 Å². The number of hydrogen-bond acceptors (Lipinski definition) is 7. The molecule has 0 N–H and O–H groups in total. The SMILES string of the molecule is COC(=O)/C(=C/n1cnc(-c2cc(C3CC3)nc(C(F)(F)F)c2)n1)c1cncnc1. The van der Waals surface area contributed by atoms with Gasteiger partial charge in [-0.1, -0.05) is 0 Å². The fraction of sp³-hybridized carbons (Fsp3) is 0.263. The maximum absolute atomic E-state index is 13.3. The Bertz CT molecular complexity index is 1110. The average molecular weight is 416 g/mol. The van der Waals surface area contributed by atoms with E-state index in [0.717, 1.165) is 18.9 Å². The molecule has 0 unspecified atom stereocenters. The van der Waals surface area contributed by atoms with Gasteiger partial charge < -0.3 is 4.74 Å². The molecule has 3 aromatic rings. The molecule has 1 aliphatic rings. The monoisotopic (exact) mass is 416 g/mol. The lowest BCUT2D eigenvalue weighted by Gasteiger charge is -2.09. The molecular weight excluding hydrogens is 401 g/mol. The number of carbonyl (C=O) groups excluding carboxylic acids is 1. The number of alkyl halides is 3. The van der Waals surface area contributed by atoms with Crippen molar-refractivity contribution in [2.45, 2.75) is 24.9 Å². The molecule has 0 saturated heterocycles. The quantitative estimate of drug-likeness (QED) is 0.466. The van der Waals surface area contributed by atoms with Gasteiger partial charge in [0.25, 0.3) is 0 Å².